The Morgan fingerprint density at radius 1 is 1.47 bits per heavy atom. The van der Waals surface area contributed by atoms with E-state index in [0.717, 1.165) is 12.0 Å². The van der Waals surface area contributed by atoms with Crippen molar-refractivity contribution in [3.05, 3.63) is 46.7 Å². The van der Waals surface area contributed by atoms with Gasteiger partial charge in [-0.25, -0.2) is 4.39 Å². The van der Waals surface area contributed by atoms with Crippen molar-refractivity contribution in [1.29, 1.82) is 0 Å². The molecule has 0 saturated carbocycles. The van der Waals surface area contributed by atoms with Crippen molar-refractivity contribution in [3.63, 3.8) is 0 Å². The van der Waals surface area contributed by atoms with E-state index in [9.17, 15) is 4.39 Å². The van der Waals surface area contributed by atoms with E-state index in [1.807, 2.05) is 16.8 Å². The van der Waals surface area contributed by atoms with Gasteiger partial charge in [-0.15, -0.1) is 0 Å². The summed E-state index contributed by atoms with van der Waals surface area (Å²) in [5, 5.41) is 0. The van der Waals surface area contributed by atoms with Gasteiger partial charge >= 0.3 is 0 Å². The predicted octanol–water partition coefficient (Wildman–Crippen LogP) is 2.86. The van der Waals surface area contributed by atoms with Gasteiger partial charge in [0.2, 0.25) is 0 Å². The number of fused-ring (bicyclic) bond motifs is 1. The molecule has 17 heavy (non-hydrogen) atoms. The number of hydrogen-bond acceptors (Lipinski definition) is 2. The minimum absolute atomic E-state index is 0.128. The first-order valence-corrected chi connectivity index (χ1v) is 5.82. The smallest absolute Gasteiger partial charge is 0.177 e. The Kier molecular flexibility index (Phi) is 2.48. The fourth-order valence-corrected chi connectivity index (χ4v) is 2.44. The summed E-state index contributed by atoms with van der Waals surface area (Å²) in [5.74, 6) is 0.0874. The van der Waals surface area contributed by atoms with E-state index in [0.29, 0.717) is 17.1 Å². The first-order chi connectivity index (χ1) is 8.25. The number of imidazole rings is 1. The van der Waals surface area contributed by atoms with Crippen LogP contribution >= 0.6 is 12.2 Å². The molecule has 3 nitrogen and oxygen atoms in total. The molecule has 0 amide bonds. The number of nitrogens with zero attached hydrogens (tertiary/aromatic N) is 1. The third-order valence-electron chi connectivity index (χ3n) is 2.99. The Labute approximate surface area is 103 Å². The second kappa shape index (κ2) is 4.00. The van der Waals surface area contributed by atoms with Crippen molar-refractivity contribution in [1.82, 2.24) is 9.55 Å². The van der Waals surface area contributed by atoms with Crippen LogP contribution in [0.3, 0.4) is 0 Å². The van der Waals surface area contributed by atoms with Gasteiger partial charge < -0.3 is 14.3 Å². The average molecular weight is 250 g/mol. The van der Waals surface area contributed by atoms with Crippen LogP contribution in [-0.2, 0) is 6.42 Å². The number of rotatable bonds is 1. The number of halogens is 1. The van der Waals surface area contributed by atoms with E-state index >= 15 is 0 Å². The Bertz CT molecular complexity index is 605. The molecule has 0 bridgehead atoms. The predicted molar refractivity (Wildman–Crippen MR) is 64.3 cm³/mol. The minimum atomic E-state index is -0.293. The first kappa shape index (κ1) is 10.5. The number of aromatic amines is 1. The van der Waals surface area contributed by atoms with Gasteiger partial charge in [0, 0.05) is 18.8 Å². The molecule has 88 valence electrons. The summed E-state index contributed by atoms with van der Waals surface area (Å²) in [6, 6.07) is 5.14. The van der Waals surface area contributed by atoms with Crippen LogP contribution in [0.15, 0.2) is 30.6 Å². The van der Waals surface area contributed by atoms with Gasteiger partial charge in [-0.1, -0.05) is 12.1 Å². The lowest BCUT2D eigenvalue weighted by Gasteiger charge is -2.26. The van der Waals surface area contributed by atoms with Crippen molar-refractivity contribution in [2.75, 3.05) is 6.61 Å². The number of nitrogens with one attached hydrogen (secondary N) is 1. The number of hydrogen-bond donors (Lipinski definition) is 1. The minimum Gasteiger partial charge on any atom is -0.488 e. The van der Waals surface area contributed by atoms with Gasteiger partial charge in [0.25, 0.3) is 0 Å². The fraction of sp³-hybridized carbons (Fsp3) is 0.250. The molecule has 2 aromatic rings. The van der Waals surface area contributed by atoms with Crippen molar-refractivity contribution in [2.24, 2.45) is 0 Å². The van der Waals surface area contributed by atoms with Gasteiger partial charge in [-0.3, -0.25) is 0 Å². The van der Waals surface area contributed by atoms with Crippen LogP contribution in [0.25, 0.3) is 0 Å². The first-order valence-electron chi connectivity index (χ1n) is 5.41. The maximum Gasteiger partial charge on any atom is 0.177 e. The molecule has 0 aliphatic carbocycles. The molecule has 0 fully saturated rings. The topological polar surface area (TPSA) is 29.9 Å². The lowest BCUT2D eigenvalue weighted by atomic mass is 10.0. The molecule has 0 radical (unpaired) electrons. The Balaban J connectivity index is 1.96. The molecule has 1 unspecified atom stereocenters. The van der Waals surface area contributed by atoms with E-state index in [-0.39, 0.29) is 11.9 Å². The van der Waals surface area contributed by atoms with Crippen molar-refractivity contribution < 1.29 is 9.13 Å². The van der Waals surface area contributed by atoms with Crippen LogP contribution < -0.4 is 4.74 Å². The van der Waals surface area contributed by atoms with Crippen molar-refractivity contribution >= 4 is 12.2 Å². The van der Waals surface area contributed by atoms with Crippen LogP contribution in [0.1, 0.15) is 11.6 Å². The number of ether oxygens (including phenoxy) is 1. The molecular weight excluding hydrogens is 239 g/mol. The summed E-state index contributed by atoms with van der Waals surface area (Å²) >= 11 is 5.17. The van der Waals surface area contributed by atoms with Gasteiger partial charge in [-0.2, -0.15) is 0 Å². The second-order valence-electron chi connectivity index (χ2n) is 4.07. The normalized spacial score (nSPS) is 18.5. The summed E-state index contributed by atoms with van der Waals surface area (Å²) in [4.78, 5) is 2.95. The standard InChI is InChI=1S/C12H11FN2OS/c13-10-3-1-2-8-6-9(7-16-11(8)10)15-5-4-14-12(15)17/h1-5,9H,6-7H2,(H,14,17). The highest BCUT2D eigenvalue weighted by Crippen LogP contribution is 2.31. The molecule has 1 aromatic heterocycles. The van der Waals surface area contributed by atoms with Crippen molar-refractivity contribution in [3.8, 4) is 5.75 Å². The average Bonchev–Trinajstić information content (AvgIpc) is 2.75. The molecule has 1 N–H and O–H groups in total. The summed E-state index contributed by atoms with van der Waals surface area (Å²) in [6.45, 7) is 0.445. The monoisotopic (exact) mass is 250 g/mol. The zero-order chi connectivity index (χ0) is 11.8. The quantitative estimate of drug-likeness (QED) is 0.789. The Morgan fingerprint density at radius 2 is 2.35 bits per heavy atom. The van der Waals surface area contributed by atoms with E-state index in [1.165, 1.54) is 6.07 Å². The van der Waals surface area contributed by atoms with Crippen LogP contribution in [-0.4, -0.2) is 16.2 Å². The lowest BCUT2D eigenvalue weighted by Crippen LogP contribution is -2.24. The molecule has 1 aliphatic rings. The molecule has 1 aliphatic heterocycles. The van der Waals surface area contributed by atoms with Gasteiger partial charge in [-0.05, 0) is 23.8 Å². The summed E-state index contributed by atoms with van der Waals surface area (Å²) in [6.07, 6.45) is 4.42. The second-order valence-corrected chi connectivity index (χ2v) is 4.46. The molecule has 0 saturated heterocycles. The number of H-pyrrole nitrogens is 1. The third kappa shape index (κ3) is 1.76. The number of aromatic nitrogens is 2. The zero-order valence-electron chi connectivity index (χ0n) is 9.02. The molecule has 1 aromatic carbocycles. The third-order valence-corrected chi connectivity index (χ3v) is 3.32. The summed E-state index contributed by atoms with van der Waals surface area (Å²) < 4.78 is 21.6. The molecule has 3 rings (SSSR count). The lowest BCUT2D eigenvalue weighted by molar-refractivity contribution is 0.213. The highest BCUT2D eigenvalue weighted by atomic mass is 32.1. The SMILES string of the molecule is Fc1cccc2c1OCC(n1cc[nH]c1=S)C2. The van der Waals surface area contributed by atoms with Crippen LogP contribution in [0, 0.1) is 10.6 Å². The van der Waals surface area contributed by atoms with Gasteiger partial charge in [0.1, 0.15) is 6.61 Å². The van der Waals surface area contributed by atoms with E-state index in [4.69, 9.17) is 17.0 Å². The molecule has 1 atom stereocenters. The zero-order valence-corrected chi connectivity index (χ0v) is 9.84. The molecule has 2 heterocycles. The van der Waals surface area contributed by atoms with Gasteiger partial charge in [0.15, 0.2) is 16.3 Å². The maximum atomic E-state index is 13.5. The maximum absolute atomic E-state index is 13.5. The van der Waals surface area contributed by atoms with E-state index in [2.05, 4.69) is 4.98 Å². The largest absolute Gasteiger partial charge is 0.488 e. The van der Waals surface area contributed by atoms with E-state index < -0.39 is 0 Å². The van der Waals surface area contributed by atoms with Crippen molar-refractivity contribution in [2.45, 2.75) is 12.5 Å². The number of para-hydroxylation sites is 1. The summed E-state index contributed by atoms with van der Waals surface area (Å²) in [5.41, 5.74) is 0.893. The molecule has 0 spiro atoms. The highest BCUT2D eigenvalue weighted by molar-refractivity contribution is 7.71. The Morgan fingerprint density at radius 3 is 3.12 bits per heavy atom. The van der Waals surface area contributed by atoms with Crippen LogP contribution in [0.5, 0.6) is 5.75 Å². The van der Waals surface area contributed by atoms with E-state index in [1.54, 1.807) is 12.3 Å². The molecular formula is C12H11FN2OS. The van der Waals surface area contributed by atoms with Gasteiger partial charge in [0.05, 0.1) is 6.04 Å². The molecule has 5 heteroatoms. The van der Waals surface area contributed by atoms with Crippen LogP contribution in [0.2, 0.25) is 0 Å². The summed E-state index contributed by atoms with van der Waals surface area (Å²) in [7, 11) is 0. The highest BCUT2D eigenvalue weighted by Gasteiger charge is 2.23. The fourth-order valence-electron chi connectivity index (χ4n) is 2.17. The van der Waals surface area contributed by atoms with Crippen LogP contribution in [0.4, 0.5) is 4.39 Å². The number of benzene rings is 1. The Hall–Kier alpha value is -1.62.